The van der Waals surface area contributed by atoms with Crippen molar-refractivity contribution < 1.29 is 39.6 Å². The molecule has 0 unspecified atom stereocenters. The van der Waals surface area contributed by atoms with Crippen LogP contribution >= 0.6 is 0 Å². The van der Waals surface area contributed by atoms with Gasteiger partial charge in [-0.15, -0.1) is 0 Å². The van der Waals surface area contributed by atoms with E-state index in [9.17, 15) is 39.6 Å². The second-order valence-electron chi connectivity index (χ2n) is 11.4. The number of carbonyl (C=O) groups is 1. The third kappa shape index (κ3) is 6.91. The van der Waals surface area contributed by atoms with Crippen LogP contribution in [0.25, 0.3) is 11.4 Å². The Kier molecular flexibility index (Phi) is 9.22. The molecule has 2 aromatic heterocycles. The number of sulfone groups is 1. The summed E-state index contributed by atoms with van der Waals surface area (Å²) in [6, 6.07) is 12.3. The van der Waals surface area contributed by atoms with Gasteiger partial charge in [-0.25, -0.2) is 17.8 Å². The Morgan fingerprint density at radius 3 is 1.46 bits per heavy atom. The van der Waals surface area contributed by atoms with Crippen LogP contribution in [0.1, 0.15) is 83.3 Å². The number of hydrogen-bond acceptors (Lipinski definition) is 5. The van der Waals surface area contributed by atoms with Crippen LogP contribution in [0.3, 0.4) is 0 Å². The molecule has 0 spiro atoms. The fourth-order valence-electron chi connectivity index (χ4n) is 5.91. The first-order valence-electron chi connectivity index (χ1n) is 14.9. The highest BCUT2D eigenvalue weighted by molar-refractivity contribution is 7.90. The lowest BCUT2D eigenvalue weighted by molar-refractivity contribution is -0.142. The largest absolute Gasteiger partial charge is 0.435 e. The summed E-state index contributed by atoms with van der Waals surface area (Å²) in [5.41, 5.74) is 1.73. The summed E-state index contributed by atoms with van der Waals surface area (Å²) < 4.78 is 105. The predicted molar refractivity (Wildman–Crippen MR) is 158 cm³/mol. The zero-order chi connectivity index (χ0) is 33.4. The van der Waals surface area contributed by atoms with Crippen LogP contribution in [0.15, 0.2) is 53.4 Å². The van der Waals surface area contributed by atoms with E-state index in [1.54, 1.807) is 31.2 Å². The van der Waals surface area contributed by atoms with Gasteiger partial charge in [0.2, 0.25) is 0 Å². The standard InChI is InChI=1S/C17H17F3N2O.C15H15F3N2O2S/c1-2-15(23)11-7-9-12(10-8-11)22-14-6-4-3-5-13(14)16(21-22)17(18,19)20;1-23(21,22)11-8-6-10(7-9-11)20-13-5-3-2-4-12(13)14(19-20)15(16,17)18/h7-10H,2-6H2,1H3;6-9H,2-5H2,1H3. The van der Waals surface area contributed by atoms with Crippen molar-refractivity contribution in [3.05, 3.63) is 88.0 Å². The third-order valence-corrected chi connectivity index (χ3v) is 9.29. The molecule has 246 valence electrons. The van der Waals surface area contributed by atoms with Gasteiger partial charge < -0.3 is 0 Å². The summed E-state index contributed by atoms with van der Waals surface area (Å²) in [7, 11) is -3.35. The minimum atomic E-state index is -4.49. The average molecular weight is 667 g/mol. The zero-order valence-electron chi connectivity index (χ0n) is 25.2. The highest BCUT2D eigenvalue weighted by Gasteiger charge is 2.40. The minimum absolute atomic E-state index is 0.00928. The topological polar surface area (TPSA) is 86.9 Å². The molecular formula is C32H32F6N4O3S. The predicted octanol–water partition coefficient (Wildman–Crippen LogP) is 7.54. The van der Waals surface area contributed by atoms with Crippen molar-refractivity contribution in [2.75, 3.05) is 6.26 Å². The Hall–Kier alpha value is -3.94. The van der Waals surface area contributed by atoms with Crippen LogP contribution in [0.5, 0.6) is 0 Å². The molecule has 6 rings (SSSR count). The second kappa shape index (κ2) is 12.7. The van der Waals surface area contributed by atoms with Gasteiger partial charge in [0.15, 0.2) is 27.0 Å². The van der Waals surface area contributed by atoms with Crippen molar-refractivity contribution in [3.8, 4) is 11.4 Å². The lowest BCUT2D eigenvalue weighted by Gasteiger charge is -2.14. The Morgan fingerprint density at radius 1 is 0.696 bits per heavy atom. The number of halogens is 6. The van der Waals surface area contributed by atoms with Gasteiger partial charge in [0.05, 0.1) is 16.3 Å². The van der Waals surface area contributed by atoms with Gasteiger partial charge in [0.25, 0.3) is 0 Å². The Labute approximate surface area is 262 Å². The van der Waals surface area contributed by atoms with Crippen LogP contribution in [0, 0.1) is 0 Å². The number of Topliss-reactive ketones (excluding diaryl/α,β-unsaturated/α-hetero) is 1. The van der Waals surface area contributed by atoms with Crippen LogP contribution in [-0.2, 0) is 47.9 Å². The van der Waals surface area contributed by atoms with Crippen molar-refractivity contribution in [2.45, 2.75) is 82.0 Å². The van der Waals surface area contributed by atoms with Gasteiger partial charge in [-0.1, -0.05) is 6.92 Å². The van der Waals surface area contributed by atoms with Crippen molar-refractivity contribution in [1.82, 2.24) is 19.6 Å². The summed E-state index contributed by atoms with van der Waals surface area (Å²) in [6.07, 6.45) is -2.39. The molecule has 7 nitrogen and oxygen atoms in total. The van der Waals surface area contributed by atoms with Gasteiger partial charge in [-0.3, -0.25) is 4.79 Å². The van der Waals surface area contributed by atoms with Gasteiger partial charge >= 0.3 is 12.4 Å². The first kappa shape index (κ1) is 33.4. The van der Waals surface area contributed by atoms with E-state index in [2.05, 4.69) is 10.2 Å². The van der Waals surface area contributed by atoms with E-state index in [4.69, 9.17) is 0 Å². The van der Waals surface area contributed by atoms with Crippen LogP contribution < -0.4 is 0 Å². The normalized spacial score (nSPS) is 15.0. The van der Waals surface area contributed by atoms with E-state index in [0.29, 0.717) is 66.0 Å². The molecule has 14 heteroatoms. The summed E-state index contributed by atoms with van der Waals surface area (Å²) in [4.78, 5) is 11.8. The van der Waals surface area contributed by atoms with E-state index in [-0.39, 0.29) is 16.2 Å². The first-order valence-corrected chi connectivity index (χ1v) is 16.8. The number of rotatable bonds is 5. The number of ketones is 1. The molecule has 46 heavy (non-hydrogen) atoms. The number of fused-ring (bicyclic) bond motifs is 2. The van der Waals surface area contributed by atoms with E-state index >= 15 is 0 Å². The molecule has 0 amide bonds. The maximum Gasteiger partial charge on any atom is 0.435 e. The Balaban J connectivity index is 0.000000181. The lowest BCUT2D eigenvalue weighted by Crippen LogP contribution is -2.11. The van der Waals surface area contributed by atoms with E-state index in [0.717, 1.165) is 31.9 Å². The molecular weight excluding hydrogens is 634 g/mol. The summed E-state index contributed by atoms with van der Waals surface area (Å²) in [5.74, 6) is 0.00928. The van der Waals surface area contributed by atoms with Gasteiger partial charge in [-0.05, 0) is 99.9 Å². The average Bonchev–Trinajstić information content (AvgIpc) is 3.61. The number of aromatic nitrogens is 4. The fraction of sp³-hybridized carbons (Fsp3) is 0.406. The molecule has 0 saturated carbocycles. The molecule has 0 fully saturated rings. The van der Waals surface area contributed by atoms with Gasteiger partial charge in [0.1, 0.15) is 0 Å². The van der Waals surface area contributed by atoms with Crippen LogP contribution in [0.4, 0.5) is 26.3 Å². The summed E-state index contributed by atoms with van der Waals surface area (Å²) >= 11 is 0. The highest BCUT2D eigenvalue weighted by atomic mass is 32.2. The Morgan fingerprint density at radius 2 is 1.09 bits per heavy atom. The number of hydrogen-bond donors (Lipinski definition) is 0. The number of alkyl halides is 6. The Bertz CT molecular complexity index is 1840. The second-order valence-corrected chi connectivity index (χ2v) is 13.4. The van der Waals surface area contributed by atoms with E-state index in [1.165, 1.54) is 33.6 Å². The quantitative estimate of drug-likeness (QED) is 0.162. The summed E-state index contributed by atoms with van der Waals surface area (Å²) in [6.45, 7) is 1.77. The smallest absolute Gasteiger partial charge is 0.294 e. The molecule has 2 heterocycles. The van der Waals surface area contributed by atoms with E-state index < -0.39 is 33.6 Å². The third-order valence-electron chi connectivity index (χ3n) is 8.16. The minimum Gasteiger partial charge on any atom is -0.294 e. The molecule has 4 aromatic rings. The number of nitrogens with zero attached hydrogens (tertiary/aromatic N) is 4. The molecule has 2 aromatic carbocycles. The lowest BCUT2D eigenvalue weighted by atomic mass is 9.95. The van der Waals surface area contributed by atoms with Crippen LogP contribution in [0.2, 0.25) is 0 Å². The van der Waals surface area contributed by atoms with Crippen molar-refractivity contribution in [3.63, 3.8) is 0 Å². The molecule has 2 aliphatic rings. The molecule has 2 aliphatic carbocycles. The molecule has 0 bridgehead atoms. The fourth-order valence-corrected chi connectivity index (χ4v) is 6.54. The van der Waals surface area contributed by atoms with Gasteiger partial charge in [-0.2, -0.15) is 36.5 Å². The SMILES string of the molecule is CCC(=O)c1ccc(-n2nc(C(F)(F)F)c3c2CCCC3)cc1.CS(=O)(=O)c1ccc(-n2nc(C(F)(F)F)c3c2CCCC3)cc1. The molecule has 0 atom stereocenters. The molecule has 0 aliphatic heterocycles. The first-order chi connectivity index (χ1) is 21.6. The number of benzene rings is 2. The highest BCUT2D eigenvalue weighted by Crippen LogP contribution is 2.38. The number of carbonyl (C=O) groups excluding carboxylic acids is 1. The maximum absolute atomic E-state index is 13.2. The maximum atomic E-state index is 13.2. The summed E-state index contributed by atoms with van der Waals surface area (Å²) in [5, 5.41) is 7.60. The molecule has 0 radical (unpaired) electrons. The molecule has 0 saturated heterocycles. The van der Waals surface area contributed by atoms with Crippen molar-refractivity contribution >= 4 is 15.6 Å². The zero-order valence-corrected chi connectivity index (χ0v) is 26.0. The van der Waals surface area contributed by atoms with Crippen molar-refractivity contribution in [1.29, 1.82) is 0 Å². The van der Waals surface area contributed by atoms with E-state index in [1.807, 2.05) is 0 Å². The monoisotopic (exact) mass is 666 g/mol. The molecule has 0 N–H and O–H groups in total. The van der Waals surface area contributed by atoms with Gasteiger partial charge in [0, 0.05) is 40.8 Å². The van der Waals surface area contributed by atoms with Crippen LogP contribution in [-0.4, -0.2) is 40.0 Å². The van der Waals surface area contributed by atoms with Crippen molar-refractivity contribution in [2.24, 2.45) is 0 Å².